The predicted octanol–water partition coefficient (Wildman–Crippen LogP) is 1.60. The van der Waals surface area contributed by atoms with E-state index in [2.05, 4.69) is 5.32 Å². The fourth-order valence-electron chi connectivity index (χ4n) is 2.11. The molecule has 1 aromatic carbocycles. The summed E-state index contributed by atoms with van der Waals surface area (Å²) in [6.45, 7) is 2.23. The molecule has 1 aliphatic carbocycles. The minimum absolute atomic E-state index is 0.119. The van der Waals surface area contributed by atoms with E-state index in [-0.39, 0.29) is 17.5 Å². The molecule has 0 aromatic heterocycles. The molecule has 2 rings (SSSR count). The number of amides is 1. The highest BCUT2D eigenvalue weighted by Crippen LogP contribution is 2.24. The van der Waals surface area contributed by atoms with E-state index in [9.17, 15) is 9.18 Å². The van der Waals surface area contributed by atoms with Gasteiger partial charge >= 0.3 is 0 Å². The Morgan fingerprint density at radius 3 is 2.88 bits per heavy atom. The Kier molecular flexibility index (Phi) is 3.43. The summed E-state index contributed by atoms with van der Waals surface area (Å²) in [7, 11) is 0. The van der Waals surface area contributed by atoms with Crippen LogP contribution in [0.15, 0.2) is 18.2 Å². The highest BCUT2D eigenvalue weighted by molar-refractivity contribution is 5.94. The van der Waals surface area contributed by atoms with Crippen LogP contribution in [0.2, 0.25) is 0 Å². The summed E-state index contributed by atoms with van der Waals surface area (Å²) in [4.78, 5) is 11.8. The van der Waals surface area contributed by atoms with E-state index in [0.29, 0.717) is 18.0 Å². The third-order valence-corrected chi connectivity index (χ3v) is 3.26. The number of nitrogens with one attached hydrogen (secondary N) is 1. The zero-order valence-electron chi connectivity index (χ0n) is 9.87. The molecule has 0 bridgehead atoms. The Morgan fingerprint density at radius 1 is 1.53 bits per heavy atom. The van der Waals surface area contributed by atoms with Crippen LogP contribution in [0.4, 0.5) is 4.39 Å². The van der Waals surface area contributed by atoms with E-state index < -0.39 is 5.82 Å². The van der Waals surface area contributed by atoms with Gasteiger partial charge in [0, 0.05) is 12.6 Å². The Labute approximate surface area is 100 Å². The fraction of sp³-hybridized carbons (Fsp3) is 0.462. The second kappa shape index (κ2) is 4.84. The third-order valence-electron chi connectivity index (χ3n) is 3.26. The summed E-state index contributed by atoms with van der Waals surface area (Å²) >= 11 is 0. The molecule has 3 N–H and O–H groups in total. The molecule has 3 nitrogen and oxygen atoms in total. The van der Waals surface area contributed by atoms with E-state index in [1.807, 2.05) is 0 Å². The van der Waals surface area contributed by atoms with E-state index in [4.69, 9.17) is 5.73 Å². The Bertz CT molecular complexity index is 427. The Hall–Kier alpha value is -1.42. The van der Waals surface area contributed by atoms with Gasteiger partial charge in [0.2, 0.25) is 0 Å². The first kappa shape index (κ1) is 12.0. The number of carbonyl (C=O) groups is 1. The number of rotatable bonds is 3. The van der Waals surface area contributed by atoms with Crippen LogP contribution in [0.3, 0.4) is 0 Å². The second-order valence-corrected chi connectivity index (χ2v) is 4.74. The quantitative estimate of drug-likeness (QED) is 0.837. The standard InChI is InChI=1S/C13H17FN2O/c1-8-3-2-4-11(12(8)14)13(17)16-7-9-5-10(15)6-9/h2-4,9-10H,5-7,15H2,1H3,(H,16,17). The van der Waals surface area contributed by atoms with E-state index in [0.717, 1.165) is 12.8 Å². The lowest BCUT2D eigenvalue weighted by molar-refractivity contribution is 0.0931. The highest BCUT2D eigenvalue weighted by Gasteiger charge is 2.26. The van der Waals surface area contributed by atoms with Crippen molar-refractivity contribution in [2.45, 2.75) is 25.8 Å². The van der Waals surface area contributed by atoms with E-state index >= 15 is 0 Å². The minimum atomic E-state index is -0.435. The number of hydrogen-bond donors (Lipinski definition) is 2. The summed E-state index contributed by atoms with van der Waals surface area (Å²) in [5, 5.41) is 2.76. The second-order valence-electron chi connectivity index (χ2n) is 4.74. The van der Waals surface area contributed by atoms with Gasteiger partial charge in [-0.2, -0.15) is 0 Å². The molecule has 4 heteroatoms. The monoisotopic (exact) mass is 236 g/mol. The van der Waals surface area contributed by atoms with Gasteiger partial charge in [-0.3, -0.25) is 4.79 Å². The van der Waals surface area contributed by atoms with Gasteiger partial charge in [0.05, 0.1) is 5.56 Å². The van der Waals surface area contributed by atoms with Crippen molar-refractivity contribution in [3.8, 4) is 0 Å². The lowest BCUT2D eigenvalue weighted by Gasteiger charge is -2.32. The molecule has 0 radical (unpaired) electrons. The number of aryl methyl sites for hydroxylation is 1. The largest absolute Gasteiger partial charge is 0.352 e. The van der Waals surface area contributed by atoms with Crippen molar-refractivity contribution in [3.05, 3.63) is 35.1 Å². The molecule has 92 valence electrons. The van der Waals surface area contributed by atoms with Crippen molar-refractivity contribution < 1.29 is 9.18 Å². The van der Waals surface area contributed by atoms with Crippen LogP contribution in [-0.2, 0) is 0 Å². The molecule has 17 heavy (non-hydrogen) atoms. The maximum Gasteiger partial charge on any atom is 0.254 e. The van der Waals surface area contributed by atoms with Crippen molar-refractivity contribution in [1.29, 1.82) is 0 Å². The Balaban J connectivity index is 1.93. The van der Waals surface area contributed by atoms with Crippen molar-refractivity contribution in [1.82, 2.24) is 5.32 Å². The molecule has 0 saturated heterocycles. The van der Waals surface area contributed by atoms with Crippen LogP contribution in [0.5, 0.6) is 0 Å². The topological polar surface area (TPSA) is 55.1 Å². The molecule has 0 spiro atoms. The van der Waals surface area contributed by atoms with Crippen molar-refractivity contribution in [2.75, 3.05) is 6.54 Å². The fourth-order valence-corrected chi connectivity index (χ4v) is 2.11. The first-order valence-corrected chi connectivity index (χ1v) is 5.87. The average molecular weight is 236 g/mol. The van der Waals surface area contributed by atoms with Crippen LogP contribution >= 0.6 is 0 Å². The van der Waals surface area contributed by atoms with Crippen LogP contribution in [-0.4, -0.2) is 18.5 Å². The summed E-state index contributed by atoms with van der Waals surface area (Å²) < 4.78 is 13.7. The zero-order valence-corrected chi connectivity index (χ0v) is 9.87. The molecule has 1 saturated carbocycles. The van der Waals surface area contributed by atoms with Gasteiger partial charge in [-0.15, -0.1) is 0 Å². The zero-order chi connectivity index (χ0) is 12.4. The molecule has 1 fully saturated rings. The Morgan fingerprint density at radius 2 is 2.24 bits per heavy atom. The number of benzene rings is 1. The molecule has 1 aliphatic rings. The first-order chi connectivity index (χ1) is 8.08. The molecule has 0 heterocycles. The number of nitrogens with two attached hydrogens (primary N) is 1. The van der Waals surface area contributed by atoms with Crippen molar-refractivity contribution >= 4 is 5.91 Å². The van der Waals surface area contributed by atoms with Crippen LogP contribution in [0.1, 0.15) is 28.8 Å². The minimum Gasteiger partial charge on any atom is -0.352 e. The third kappa shape index (κ3) is 2.64. The van der Waals surface area contributed by atoms with Gasteiger partial charge in [-0.1, -0.05) is 12.1 Å². The summed E-state index contributed by atoms with van der Waals surface area (Å²) in [6.07, 6.45) is 1.88. The normalized spacial score (nSPS) is 23.0. The maximum absolute atomic E-state index is 13.7. The van der Waals surface area contributed by atoms with Gasteiger partial charge < -0.3 is 11.1 Å². The highest BCUT2D eigenvalue weighted by atomic mass is 19.1. The summed E-state index contributed by atoms with van der Waals surface area (Å²) in [5.41, 5.74) is 6.27. The average Bonchev–Trinajstić information content (AvgIpc) is 2.26. The molecular formula is C13H17FN2O. The number of carbonyl (C=O) groups excluding carboxylic acids is 1. The van der Waals surface area contributed by atoms with Crippen molar-refractivity contribution in [3.63, 3.8) is 0 Å². The SMILES string of the molecule is Cc1cccc(C(=O)NCC2CC(N)C2)c1F. The summed E-state index contributed by atoms with van der Waals surface area (Å²) in [6, 6.07) is 5.11. The molecule has 0 unspecified atom stereocenters. The van der Waals surface area contributed by atoms with Gasteiger partial charge in [-0.05, 0) is 37.3 Å². The molecule has 0 aliphatic heterocycles. The van der Waals surface area contributed by atoms with Gasteiger partial charge in [0.1, 0.15) is 5.82 Å². The molecular weight excluding hydrogens is 219 g/mol. The first-order valence-electron chi connectivity index (χ1n) is 5.87. The molecule has 0 atom stereocenters. The van der Waals surface area contributed by atoms with Gasteiger partial charge in [0.25, 0.3) is 5.91 Å². The lowest BCUT2D eigenvalue weighted by atomic mass is 9.81. The maximum atomic E-state index is 13.7. The summed E-state index contributed by atoms with van der Waals surface area (Å²) in [5.74, 6) is -0.330. The van der Waals surface area contributed by atoms with Gasteiger partial charge in [-0.25, -0.2) is 4.39 Å². The number of halogens is 1. The number of hydrogen-bond acceptors (Lipinski definition) is 2. The van der Waals surface area contributed by atoms with E-state index in [1.54, 1.807) is 19.1 Å². The van der Waals surface area contributed by atoms with Crippen molar-refractivity contribution in [2.24, 2.45) is 11.7 Å². The van der Waals surface area contributed by atoms with Crippen LogP contribution < -0.4 is 11.1 Å². The van der Waals surface area contributed by atoms with Crippen LogP contribution in [0, 0.1) is 18.7 Å². The van der Waals surface area contributed by atoms with E-state index in [1.165, 1.54) is 6.07 Å². The van der Waals surface area contributed by atoms with Crippen LogP contribution in [0.25, 0.3) is 0 Å². The van der Waals surface area contributed by atoms with Gasteiger partial charge in [0.15, 0.2) is 0 Å². The molecule has 1 aromatic rings. The lowest BCUT2D eigenvalue weighted by Crippen LogP contribution is -2.42. The smallest absolute Gasteiger partial charge is 0.254 e. The predicted molar refractivity (Wildman–Crippen MR) is 64.2 cm³/mol. The molecule has 1 amide bonds.